The smallest absolute Gasteiger partial charge is 0.342 e. The van der Waals surface area contributed by atoms with Crippen LogP contribution >= 0.6 is 0 Å². The van der Waals surface area contributed by atoms with Crippen molar-refractivity contribution in [2.75, 3.05) is 31.1 Å². The van der Waals surface area contributed by atoms with E-state index in [1.165, 1.54) is 12.8 Å². The molecule has 8 heteroatoms. The second-order valence-electron chi connectivity index (χ2n) is 7.49. The summed E-state index contributed by atoms with van der Waals surface area (Å²) in [5.41, 5.74) is -1.42. The summed E-state index contributed by atoms with van der Waals surface area (Å²) in [7, 11) is 0. The standard InChI is InChI=1S/C17H21F3N4O/c18-17(19,20)13-4-7-21-15(22-13)24-9-6-16(11-24)5-1-8-23(14(16)25)10-12-2-3-12/h4,7,12H,1-3,5-6,8-11H2/t16-/m0/s1. The lowest BCUT2D eigenvalue weighted by Gasteiger charge is -2.39. The van der Waals surface area contributed by atoms with Crippen molar-refractivity contribution < 1.29 is 18.0 Å². The van der Waals surface area contributed by atoms with E-state index in [1.54, 1.807) is 4.90 Å². The van der Waals surface area contributed by atoms with Crippen molar-refractivity contribution >= 4 is 11.9 Å². The molecule has 0 unspecified atom stereocenters. The molecular weight excluding hydrogens is 333 g/mol. The minimum atomic E-state index is -4.49. The topological polar surface area (TPSA) is 49.3 Å². The molecule has 1 amide bonds. The van der Waals surface area contributed by atoms with Gasteiger partial charge in [0.2, 0.25) is 11.9 Å². The van der Waals surface area contributed by atoms with Gasteiger partial charge < -0.3 is 9.80 Å². The summed E-state index contributed by atoms with van der Waals surface area (Å²) in [6.07, 6.45) is 1.45. The summed E-state index contributed by atoms with van der Waals surface area (Å²) in [5, 5.41) is 0. The third-order valence-electron chi connectivity index (χ3n) is 5.57. The Morgan fingerprint density at radius 3 is 2.76 bits per heavy atom. The van der Waals surface area contributed by atoms with Gasteiger partial charge in [-0.3, -0.25) is 4.79 Å². The molecule has 5 nitrogen and oxygen atoms in total. The van der Waals surface area contributed by atoms with E-state index in [2.05, 4.69) is 9.97 Å². The average Bonchev–Trinajstić information content (AvgIpc) is 3.29. The van der Waals surface area contributed by atoms with Gasteiger partial charge in [-0.2, -0.15) is 13.2 Å². The Morgan fingerprint density at radius 2 is 2.04 bits per heavy atom. The van der Waals surface area contributed by atoms with E-state index >= 15 is 0 Å². The fraction of sp³-hybridized carbons (Fsp3) is 0.706. The predicted octanol–water partition coefficient (Wildman–Crippen LogP) is 2.72. The Labute approximate surface area is 144 Å². The van der Waals surface area contributed by atoms with Gasteiger partial charge in [-0.15, -0.1) is 0 Å². The number of hydrogen-bond donors (Lipinski definition) is 0. The Bertz CT molecular complexity index is 676. The zero-order chi connectivity index (χ0) is 17.7. The van der Waals surface area contributed by atoms with E-state index in [-0.39, 0.29) is 11.9 Å². The molecule has 0 N–H and O–H groups in total. The highest BCUT2D eigenvalue weighted by Gasteiger charge is 2.49. The number of rotatable bonds is 3. The van der Waals surface area contributed by atoms with E-state index in [0.29, 0.717) is 25.4 Å². The molecule has 0 radical (unpaired) electrons. The minimum Gasteiger partial charge on any atom is -0.342 e. The lowest BCUT2D eigenvalue weighted by Crippen LogP contribution is -2.50. The molecule has 1 atom stereocenters. The van der Waals surface area contributed by atoms with Crippen LogP contribution in [0.2, 0.25) is 0 Å². The first kappa shape index (κ1) is 16.6. The number of hydrogen-bond acceptors (Lipinski definition) is 4. The second kappa shape index (κ2) is 5.85. The molecule has 2 aliphatic heterocycles. The number of carbonyl (C=O) groups is 1. The zero-order valence-corrected chi connectivity index (χ0v) is 13.9. The van der Waals surface area contributed by atoms with E-state index in [0.717, 1.165) is 38.2 Å². The van der Waals surface area contributed by atoms with Gasteiger partial charge in [0, 0.05) is 32.4 Å². The largest absolute Gasteiger partial charge is 0.433 e. The van der Waals surface area contributed by atoms with Gasteiger partial charge >= 0.3 is 6.18 Å². The molecule has 0 aromatic carbocycles. The maximum Gasteiger partial charge on any atom is 0.433 e. The number of halogens is 3. The molecule has 25 heavy (non-hydrogen) atoms. The molecule has 4 rings (SSSR count). The van der Waals surface area contributed by atoms with Crippen molar-refractivity contribution in [2.45, 2.75) is 38.3 Å². The molecule has 1 saturated carbocycles. The van der Waals surface area contributed by atoms with Crippen molar-refractivity contribution in [3.05, 3.63) is 18.0 Å². The molecule has 3 heterocycles. The van der Waals surface area contributed by atoms with Crippen LogP contribution in [0.1, 0.15) is 37.8 Å². The highest BCUT2D eigenvalue weighted by Crippen LogP contribution is 2.42. The lowest BCUT2D eigenvalue weighted by atomic mass is 9.78. The number of nitrogens with zero attached hydrogens (tertiary/aromatic N) is 4. The molecule has 3 aliphatic rings. The van der Waals surface area contributed by atoms with Crippen LogP contribution in [0.5, 0.6) is 0 Å². The number of likely N-dealkylation sites (tertiary alicyclic amines) is 1. The van der Waals surface area contributed by atoms with E-state index in [1.807, 2.05) is 4.90 Å². The van der Waals surface area contributed by atoms with Crippen molar-refractivity contribution in [2.24, 2.45) is 11.3 Å². The Balaban J connectivity index is 1.51. The van der Waals surface area contributed by atoms with Crippen LogP contribution in [0.15, 0.2) is 12.3 Å². The molecule has 136 valence electrons. The predicted molar refractivity (Wildman–Crippen MR) is 84.8 cm³/mol. The van der Waals surface area contributed by atoms with Crippen molar-refractivity contribution in [1.82, 2.24) is 14.9 Å². The van der Waals surface area contributed by atoms with Crippen LogP contribution < -0.4 is 4.90 Å². The summed E-state index contributed by atoms with van der Waals surface area (Å²) in [4.78, 5) is 24.4. The van der Waals surface area contributed by atoms with Crippen molar-refractivity contribution in [1.29, 1.82) is 0 Å². The number of amides is 1. The van der Waals surface area contributed by atoms with Crippen LogP contribution in [0, 0.1) is 11.3 Å². The Hall–Kier alpha value is -1.86. The molecule has 3 fully saturated rings. The van der Waals surface area contributed by atoms with E-state index < -0.39 is 17.3 Å². The molecule has 2 saturated heterocycles. The third-order valence-corrected chi connectivity index (χ3v) is 5.57. The normalized spacial score (nSPS) is 27.4. The van der Waals surface area contributed by atoms with Gasteiger partial charge in [-0.1, -0.05) is 0 Å². The molecule has 1 aliphatic carbocycles. The Kier molecular flexibility index (Phi) is 3.88. The summed E-state index contributed by atoms with van der Waals surface area (Å²) in [5.74, 6) is 0.877. The SMILES string of the molecule is O=C1N(CC2CC2)CCC[C@@]12CCN(c1nccc(C(F)(F)F)n1)C2. The zero-order valence-electron chi connectivity index (χ0n) is 13.9. The Morgan fingerprint density at radius 1 is 1.24 bits per heavy atom. The summed E-state index contributed by atoms with van der Waals surface area (Å²) in [6.45, 7) is 2.57. The summed E-state index contributed by atoms with van der Waals surface area (Å²) >= 11 is 0. The van der Waals surface area contributed by atoms with Crippen molar-refractivity contribution in [3.8, 4) is 0 Å². The summed E-state index contributed by atoms with van der Waals surface area (Å²) < 4.78 is 38.6. The van der Waals surface area contributed by atoms with Gasteiger partial charge in [0.05, 0.1) is 5.41 Å². The number of anilines is 1. The van der Waals surface area contributed by atoms with Crippen LogP contribution in [0.25, 0.3) is 0 Å². The average molecular weight is 354 g/mol. The van der Waals surface area contributed by atoms with Gasteiger partial charge in [0.15, 0.2) is 0 Å². The molecule has 1 aromatic heterocycles. The fourth-order valence-electron chi connectivity index (χ4n) is 4.02. The fourth-order valence-corrected chi connectivity index (χ4v) is 4.02. The first-order chi connectivity index (χ1) is 11.9. The number of aromatic nitrogens is 2. The van der Waals surface area contributed by atoms with E-state index in [9.17, 15) is 18.0 Å². The number of piperidine rings is 1. The third kappa shape index (κ3) is 3.18. The van der Waals surface area contributed by atoms with Gasteiger partial charge in [0.1, 0.15) is 5.69 Å². The van der Waals surface area contributed by atoms with E-state index in [4.69, 9.17) is 0 Å². The number of alkyl halides is 3. The van der Waals surface area contributed by atoms with Crippen LogP contribution in [-0.4, -0.2) is 47.0 Å². The maximum atomic E-state index is 13.0. The minimum absolute atomic E-state index is 0.0683. The molecular formula is C17H21F3N4O. The van der Waals surface area contributed by atoms with Gasteiger partial charge in [-0.25, -0.2) is 9.97 Å². The maximum absolute atomic E-state index is 13.0. The second-order valence-corrected chi connectivity index (χ2v) is 7.49. The lowest BCUT2D eigenvalue weighted by molar-refractivity contribution is -0.145. The van der Waals surface area contributed by atoms with Gasteiger partial charge in [0.25, 0.3) is 0 Å². The first-order valence-electron chi connectivity index (χ1n) is 8.82. The molecule has 1 spiro atoms. The van der Waals surface area contributed by atoms with Crippen LogP contribution in [0.3, 0.4) is 0 Å². The van der Waals surface area contributed by atoms with Gasteiger partial charge in [-0.05, 0) is 44.1 Å². The summed E-state index contributed by atoms with van der Waals surface area (Å²) in [6, 6.07) is 0.873. The molecule has 1 aromatic rings. The highest BCUT2D eigenvalue weighted by molar-refractivity contribution is 5.85. The monoisotopic (exact) mass is 354 g/mol. The first-order valence-corrected chi connectivity index (χ1v) is 8.82. The highest BCUT2D eigenvalue weighted by atomic mass is 19.4. The number of carbonyl (C=O) groups excluding carboxylic acids is 1. The molecule has 0 bridgehead atoms. The van der Waals surface area contributed by atoms with Crippen LogP contribution in [0.4, 0.5) is 19.1 Å². The van der Waals surface area contributed by atoms with Crippen molar-refractivity contribution in [3.63, 3.8) is 0 Å². The quantitative estimate of drug-likeness (QED) is 0.838. The van der Waals surface area contributed by atoms with Crippen LogP contribution in [-0.2, 0) is 11.0 Å².